The van der Waals surface area contributed by atoms with Crippen molar-refractivity contribution in [1.29, 1.82) is 0 Å². The first-order chi connectivity index (χ1) is 4.76. The van der Waals surface area contributed by atoms with Gasteiger partial charge in [0.2, 0.25) is 0 Å². The van der Waals surface area contributed by atoms with Crippen molar-refractivity contribution < 1.29 is 23.1 Å². The lowest BCUT2D eigenvalue weighted by atomic mass is 10.1. The number of ketones is 1. The summed E-state index contributed by atoms with van der Waals surface area (Å²) in [5, 5.41) is 8.46. The molecule has 11 heavy (non-hydrogen) atoms. The van der Waals surface area contributed by atoms with Gasteiger partial charge in [-0.15, -0.1) is 0 Å². The monoisotopic (exact) mass is 168 g/mol. The van der Waals surface area contributed by atoms with Crippen LogP contribution in [0.4, 0.5) is 13.2 Å². The van der Waals surface area contributed by atoms with Crippen LogP contribution in [-0.4, -0.2) is 17.1 Å². The quantitative estimate of drug-likeness (QED) is 0.480. The molecular formula is C6H7F3O2. The molecule has 0 bridgehead atoms. The maximum Gasteiger partial charge on any atom is 0.423 e. The molecule has 5 heteroatoms. The zero-order valence-electron chi connectivity index (χ0n) is 5.99. The van der Waals surface area contributed by atoms with Crippen molar-refractivity contribution in [2.75, 3.05) is 0 Å². The van der Waals surface area contributed by atoms with Crippen molar-refractivity contribution in [3.63, 3.8) is 0 Å². The predicted octanol–water partition coefficient (Wildman–Crippen LogP) is 1.97. The van der Waals surface area contributed by atoms with Crippen LogP contribution in [0.5, 0.6) is 0 Å². The van der Waals surface area contributed by atoms with E-state index < -0.39 is 23.3 Å². The fraction of sp³-hybridized carbons (Fsp3) is 0.500. The Morgan fingerprint density at radius 1 is 1.27 bits per heavy atom. The minimum atomic E-state index is -4.76. The Morgan fingerprint density at radius 3 is 1.64 bits per heavy atom. The van der Waals surface area contributed by atoms with Crippen LogP contribution in [-0.2, 0) is 4.79 Å². The van der Waals surface area contributed by atoms with Crippen LogP contribution in [0.1, 0.15) is 13.8 Å². The predicted molar refractivity (Wildman–Crippen MR) is 32.1 cm³/mol. The summed E-state index contributed by atoms with van der Waals surface area (Å²) in [6, 6.07) is 0. The maximum absolute atomic E-state index is 11.8. The van der Waals surface area contributed by atoms with E-state index in [1.165, 1.54) is 0 Å². The first-order valence-corrected chi connectivity index (χ1v) is 2.74. The number of alkyl halides is 3. The fourth-order valence-electron chi connectivity index (χ4n) is 0.659. The maximum atomic E-state index is 11.8. The summed E-state index contributed by atoms with van der Waals surface area (Å²) in [5.41, 5.74) is -1.49. The number of hydrogen-bond donors (Lipinski definition) is 1. The van der Waals surface area contributed by atoms with Gasteiger partial charge in [0, 0.05) is 0 Å². The minimum Gasteiger partial charge on any atom is -0.512 e. The lowest BCUT2D eigenvalue weighted by Crippen LogP contribution is -2.19. The Hall–Kier alpha value is -1.00. The molecule has 0 aliphatic rings. The van der Waals surface area contributed by atoms with E-state index in [2.05, 4.69) is 0 Å². The average Bonchev–Trinajstić information content (AvgIpc) is 1.54. The second-order valence-corrected chi connectivity index (χ2v) is 2.01. The Labute approximate surface area is 61.3 Å². The summed E-state index contributed by atoms with van der Waals surface area (Å²) in [6.07, 6.45) is -4.76. The lowest BCUT2D eigenvalue weighted by molar-refractivity contribution is -0.128. The molecule has 0 atom stereocenters. The molecule has 0 saturated heterocycles. The zero-order chi connectivity index (χ0) is 9.23. The van der Waals surface area contributed by atoms with E-state index >= 15 is 0 Å². The third-order valence-electron chi connectivity index (χ3n) is 0.997. The van der Waals surface area contributed by atoms with E-state index in [0.29, 0.717) is 0 Å². The second kappa shape index (κ2) is 2.94. The van der Waals surface area contributed by atoms with Crippen LogP contribution >= 0.6 is 0 Å². The van der Waals surface area contributed by atoms with Crippen molar-refractivity contribution in [3.05, 3.63) is 11.3 Å². The smallest absolute Gasteiger partial charge is 0.423 e. The van der Waals surface area contributed by atoms with Gasteiger partial charge in [0.15, 0.2) is 5.78 Å². The molecule has 0 spiro atoms. The normalized spacial score (nSPS) is 14.3. The van der Waals surface area contributed by atoms with Crippen LogP contribution in [0.2, 0.25) is 0 Å². The zero-order valence-corrected chi connectivity index (χ0v) is 5.99. The molecule has 0 aliphatic heterocycles. The topological polar surface area (TPSA) is 37.3 Å². The lowest BCUT2D eigenvalue weighted by Gasteiger charge is -2.08. The average molecular weight is 168 g/mol. The first-order valence-electron chi connectivity index (χ1n) is 2.74. The molecule has 0 aromatic heterocycles. The van der Waals surface area contributed by atoms with Gasteiger partial charge in [-0.25, -0.2) is 0 Å². The van der Waals surface area contributed by atoms with Gasteiger partial charge in [-0.2, -0.15) is 13.2 Å². The number of aliphatic hydroxyl groups excluding tert-OH is 1. The molecule has 2 nitrogen and oxygen atoms in total. The third kappa shape index (κ3) is 2.61. The van der Waals surface area contributed by atoms with Gasteiger partial charge < -0.3 is 5.11 Å². The van der Waals surface area contributed by atoms with Crippen molar-refractivity contribution in [2.24, 2.45) is 0 Å². The molecule has 0 saturated carbocycles. The van der Waals surface area contributed by atoms with Gasteiger partial charge in [0.1, 0.15) is 11.3 Å². The Balaban J connectivity index is 4.96. The van der Waals surface area contributed by atoms with Gasteiger partial charge >= 0.3 is 6.18 Å². The number of aliphatic hydroxyl groups is 1. The SMILES string of the molecule is CC(=O)C(=C(C)O)C(F)(F)F. The minimum absolute atomic E-state index is 0.753. The number of rotatable bonds is 1. The molecule has 0 heterocycles. The van der Waals surface area contributed by atoms with Crippen molar-refractivity contribution in [2.45, 2.75) is 20.0 Å². The second-order valence-electron chi connectivity index (χ2n) is 2.01. The van der Waals surface area contributed by atoms with Crippen LogP contribution in [0.15, 0.2) is 11.3 Å². The van der Waals surface area contributed by atoms with Gasteiger partial charge in [-0.05, 0) is 13.8 Å². The molecular weight excluding hydrogens is 161 g/mol. The van der Waals surface area contributed by atoms with Crippen LogP contribution < -0.4 is 0 Å². The molecule has 0 radical (unpaired) electrons. The number of halogens is 3. The summed E-state index contributed by atoms with van der Waals surface area (Å²) < 4.78 is 35.3. The van der Waals surface area contributed by atoms with E-state index in [0.717, 1.165) is 13.8 Å². The van der Waals surface area contributed by atoms with Crippen LogP contribution in [0.25, 0.3) is 0 Å². The van der Waals surface area contributed by atoms with Gasteiger partial charge in [-0.3, -0.25) is 4.79 Å². The van der Waals surface area contributed by atoms with Gasteiger partial charge in [0.25, 0.3) is 0 Å². The van der Waals surface area contributed by atoms with Gasteiger partial charge in [0.05, 0.1) is 0 Å². The van der Waals surface area contributed by atoms with Gasteiger partial charge in [-0.1, -0.05) is 0 Å². The van der Waals surface area contributed by atoms with Crippen molar-refractivity contribution >= 4 is 5.78 Å². The molecule has 0 amide bonds. The number of allylic oxidation sites excluding steroid dienone is 2. The highest BCUT2D eigenvalue weighted by molar-refractivity contribution is 5.94. The summed E-state index contributed by atoms with van der Waals surface area (Å²) in [7, 11) is 0. The molecule has 0 aromatic carbocycles. The summed E-state index contributed by atoms with van der Waals surface area (Å²) in [4.78, 5) is 10.3. The first kappa shape index (κ1) is 10.0. The molecule has 0 aliphatic carbocycles. The van der Waals surface area contributed by atoms with E-state index in [-0.39, 0.29) is 0 Å². The molecule has 0 rings (SSSR count). The summed E-state index contributed by atoms with van der Waals surface area (Å²) >= 11 is 0. The van der Waals surface area contributed by atoms with Crippen LogP contribution in [0, 0.1) is 0 Å². The molecule has 64 valence electrons. The van der Waals surface area contributed by atoms with E-state index in [4.69, 9.17) is 5.11 Å². The number of carbonyl (C=O) groups excluding carboxylic acids is 1. The van der Waals surface area contributed by atoms with Crippen LogP contribution in [0.3, 0.4) is 0 Å². The Morgan fingerprint density at radius 2 is 1.64 bits per heavy atom. The summed E-state index contributed by atoms with van der Waals surface area (Å²) in [6.45, 7) is 1.58. The summed E-state index contributed by atoms with van der Waals surface area (Å²) in [5.74, 6) is -2.18. The molecule has 0 fully saturated rings. The molecule has 0 unspecified atom stereocenters. The van der Waals surface area contributed by atoms with E-state index in [9.17, 15) is 18.0 Å². The standard InChI is InChI=1S/C6H7F3O2/c1-3(10)5(4(2)11)6(7,8)9/h10H,1-2H3. The number of hydrogen-bond acceptors (Lipinski definition) is 2. The molecule has 1 N–H and O–H groups in total. The number of carbonyl (C=O) groups is 1. The Kier molecular flexibility index (Phi) is 2.67. The fourth-order valence-corrected chi connectivity index (χ4v) is 0.659. The highest BCUT2D eigenvalue weighted by atomic mass is 19.4. The highest BCUT2D eigenvalue weighted by Gasteiger charge is 2.38. The van der Waals surface area contributed by atoms with Crippen molar-refractivity contribution in [1.82, 2.24) is 0 Å². The third-order valence-corrected chi connectivity index (χ3v) is 0.997. The molecule has 0 aromatic rings. The Bertz CT molecular complexity index is 198. The van der Waals surface area contributed by atoms with E-state index in [1.54, 1.807) is 0 Å². The number of Topliss-reactive ketones (excluding diaryl/α,β-unsaturated/α-hetero) is 1. The largest absolute Gasteiger partial charge is 0.512 e. The van der Waals surface area contributed by atoms with E-state index in [1.807, 2.05) is 0 Å². The highest BCUT2D eigenvalue weighted by Crippen LogP contribution is 2.27. The van der Waals surface area contributed by atoms with Crippen molar-refractivity contribution in [3.8, 4) is 0 Å².